The van der Waals surface area contributed by atoms with E-state index in [2.05, 4.69) is 10.2 Å². The van der Waals surface area contributed by atoms with E-state index in [0.717, 1.165) is 16.7 Å². The van der Waals surface area contributed by atoms with Gasteiger partial charge in [-0.3, -0.25) is 0 Å². The molecule has 0 unspecified atom stereocenters. The van der Waals surface area contributed by atoms with Gasteiger partial charge >= 0.3 is 7.05 Å². The number of nitrogens with one attached hydrogen (secondary N) is 1. The Bertz CT molecular complexity index is 467. The van der Waals surface area contributed by atoms with E-state index < -0.39 is 7.05 Å². The highest BCUT2D eigenvalue weighted by molar-refractivity contribution is 6.45. The minimum atomic E-state index is -0.554. The Morgan fingerprint density at radius 1 is 1.53 bits per heavy atom. The molecule has 0 saturated carbocycles. The predicted octanol–water partition coefficient (Wildman–Crippen LogP) is 1.34. The predicted molar refractivity (Wildman–Crippen MR) is 59.4 cm³/mol. The van der Waals surface area contributed by atoms with Crippen LogP contribution in [0.4, 0.5) is 0 Å². The van der Waals surface area contributed by atoms with Crippen LogP contribution in [-0.4, -0.2) is 17.1 Å². The molecule has 0 bridgehead atoms. The minimum Gasteiger partial charge on any atom is -0.439 e. The lowest BCUT2D eigenvalue weighted by Crippen LogP contribution is -2.29. The summed E-state index contributed by atoms with van der Waals surface area (Å²) in [4.78, 5) is 4.31. The highest BCUT2D eigenvalue weighted by atomic mass is 16.3. The average Bonchev–Trinajstić information content (AvgIpc) is 2.56. The van der Waals surface area contributed by atoms with E-state index in [1.54, 1.807) is 6.82 Å². The van der Waals surface area contributed by atoms with E-state index in [4.69, 9.17) is 9.44 Å². The van der Waals surface area contributed by atoms with Crippen LogP contribution in [0.25, 0.3) is 11.1 Å². The number of fused-ring (bicyclic) bond motifs is 1. The molecule has 0 fully saturated rings. The second kappa shape index (κ2) is 4.04. The normalized spacial score (nSPS) is 10.9. The first-order valence-corrected chi connectivity index (χ1v) is 4.92. The molecule has 1 aromatic heterocycles. The number of aromatic nitrogens is 1. The van der Waals surface area contributed by atoms with Crippen molar-refractivity contribution in [1.82, 2.24) is 10.2 Å². The first-order chi connectivity index (χ1) is 7.15. The second-order valence-corrected chi connectivity index (χ2v) is 3.64. The van der Waals surface area contributed by atoms with Gasteiger partial charge in [0.05, 0.1) is 6.54 Å². The summed E-state index contributed by atoms with van der Waals surface area (Å²) in [6, 6.07) is 5.87. The van der Waals surface area contributed by atoms with E-state index in [9.17, 15) is 0 Å². The molecule has 2 aromatic rings. The second-order valence-electron chi connectivity index (χ2n) is 3.64. The first-order valence-electron chi connectivity index (χ1n) is 4.92. The van der Waals surface area contributed by atoms with Crippen molar-refractivity contribution < 1.29 is 9.44 Å². The molecule has 0 saturated heterocycles. The van der Waals surface area contributed by atoms with Crippen molar-refractivity contribution in [3.05, 3.63) is 29.7 Å². The highest BCUT2D eigenvalue weighted by Crippen LogP contribution is 2.16. The lowest BCUT2D eigenvalue weighted by molar-refractivity contribution is 0.499. The maximum Gasteiger partial charge on any atom is 0.374 e. The van der Waals surface area contributed by atoms with Gasteiger partial charge in [-0.1, -0.05) is 6.07 Å². The number of rotatable bonds is 3. The van der Waals surface area contributed by atoms with Gasteiger partial charge in [0.1, 0.15) is 5.52 Å². The van der Waals surface area contributed by atoms with E-state index in [-0.39, 0.29) is 0 Å². The number of aryl methyl sites for hydroxylation is 1. The molecule has 0 atom stereocenters. The topological polar surface area (TPSA) is 58.3 Å². The molecule has 0 amide bonds. The molecule has 15 heavy (non-hydrogen) atoms. The zero-order valence-electron chi connectivity index (χ0n) is 8.82. The van der Waals surface area contributed by atoms with Crippen LogP contribution in [0, 0.1) is 6.92 Å². The molecule has 0 spiro atoms. The Kier molecular flexibility index (Phi) is 2.75. The third kappa shape index (κ3) is 2.37. The van der Waals surface area contributed by atoms with Gasteiger partial charge in [-0.15, -0.1) is 0 Å². The number of benzene rings is 1. The van der Waals surface area contributed by atoms with Crippen molar-refractivity contribution in [3.8, 4) is 0 Å². The number of oxazole rings is 1. The lowest BCUT2D eigenvalue weighted by Gasteiger charge is -1.98. The van der Waals surface area contributed by atoms with Crippen molar-refractivity contribution in [1.29, 1.82) is 0 Å². The SMILES string of the molecule is CB(O)NCc1nc2cc(C)ccc2o1. The Morgan fingerprint density at radius 3 is 3.07 bits per heavy atom. The molecule has 0 aliphatic heterocycles. The maximum absolute atomic E-state index is 9.05. The van der Waals surface area contributed by atoms with Crippen LogP contribution < -0.4 is 5.23 Å². The zero-order chi connectivity index (χ0) is 10.8. The molecule has 5 heteroatoms. The van der Waals surface area contributed by atoms with E-state index in [0.29, 0.717) is 12.4 Å². The van der Waals surface area contributed by atoms with Crippen LogP contribution in [0.1, 0.15) is 11.5 Å². The van der Waals surface area contributed by atoms with Gasteiger partial charge in [-0.25, -0.2) is 4.98 Å². The molecule has 1 heterocycles. The summed E-state index contributed by atoms with van der Waals surface area (Å²) < 4.78 is 5.49. The largest absolute Gasteiger partial charge is 0.439 e. The molecule has 0 aliphatic carbocycles. The van der Waals surface area contributed by atoms with Gasteiger partial charge in [0.25, 0.3) is 0 Å². The van der Waals surface area contributed by atoms with Gasteiger partial charge in [-0.2, -0.15) is 0 Å². The molecule has 2 rings (SSSR count). The van der Waals surface area contributed by atoms with Crippen LogP contribution in [0.2, 0.25) is 6.82 Å². The summed E-state index contributed by atoms with van der Waals surface area (Å²) in [5.74, 6) is 0.594. The summed E-state index contributed by atoms with van der Waals surface area (Å²) in [5.41, 5.74) is 2.80. The van der Waals surface area contributed by atoms with Gasteiger partial charge in [0.15, 0.2) is 5.58 Å². The minimum absolute atomic E-state index is 0.436. The average molecular weight is 204 g/mol. The molecule has 4 nitrogen and oxygen atoms in total. The van der Waals surface area contributed by atoms with Crippen LogP contribution in [-0.2, 0) is 6.54 Å². The van der Waals surface area contributed by atoms with Crippen LogP contribution >= 0.6 is 0 Å². The quantitative estimate of drug-likeness (QED) is 0.740. The van der Waals surface area contributed by atoms with Crippen molar-refractivity contribution >= 4 is 18.2 Å². The molecule has 2 N–H and O–H groups in total. The molecule has 1 aromatic carbocycles. The van der Waals surface area contributed by atoms with Crippen LogP contribution in [0.15, 0.2) is 22.6 Å². The van der Waals surface area contributed by atoms with Gasteiger partial charge in [0.2, 0.25) is 5.89 Å². The Labute approximate surface area is 88.4 Å². The van der Waals surface area contributed by atoms with E-state index >= 15 is 0 Å². The number of hydrogen-bond donors (Lipinski definition) is 2. The zero-order valence-corrected chi connectivity index (χ0v) is 8.82. The van der Waals surface area contributed by atoms with Crippen molar-refractivity contribution in [3.63, 3.8) is 0 Å². The van der Waals surface area contributed by atoms with Gasteiger partial charge < -0.3 is 14.7 Å². The maximum atomic E-state index is 9.05. The molecule has 0 aliphatic rings. The smallest absolute Gasteiger partial charge is 0.374 e. The Balaban J connectivity index is 2.23. The molecule has 0 radical (unpaired) electrons. The first kappa shape index (κ1) is 10.2. The van der Waals surface area contributed by atoms with Crippen LogP contribution in [0.3, 0.4) is 0 Å². The number of hydrogen-bond acceptors (Lipinski definition) is 4. The summed E-state index contributed by atoms with van der Waals surface area (Å²) in [5, 5.41) is 11.9. The van der Waals surface area contributed by atoms with Crippen molar-refractivity contribution in [2.75, 3.05) is 0 Å². The summed E-state index contributed by atoms with van der Waals surface area (Å²) in [6.45, 7) is 4.11. The van der Waals surface area contributed by atoms with E-state index in [1.165, 1.54) is 0 Å². The molecule has 78 valence electrons. The summed E-state index contributed by atoms with van der Waals surface area (Å²) in [7, 11) is -0.554. The van der Waals surface area contributed by atoms with Gasteiger partial charge in [0, 0.05) is 0 Å². The molecular weight excluding hydrogens is 191 g/mol. The summed E-state index contributed by atoms with van der Waals surface area (Å²) in [6.07, 6.45) is 0. The van der Waals surface area contributed by atoms with Crippen molar-refractivity contribution in [2.24, 2.45) is 0 Å². The lowest BCUT2D eigenvalue weighted by atomic mass is 9.89. The van der Waals surface area contributed by atoms with Crippen molar-refractivity contribution in [2.45, 2.75) is 20.3 Å². The fourth-order valence-electron chi connectivity index (χ4n) is 1.40. The summed E-state index contributed by atoms with van der Waals surface area (Å²) >= 11 is 0. The number of nitrogens with zero attached hydrogens (tertiary/aromatic N) is 1. The fourth-order valence-corrected chi connectivity index (χ4v) is 1.40. The van der Waals surface area contributed by atoms with Gasteiger partial charge in [-0.05, 0) is 31.4 Å². The van der Waals surface area contributed by atoms with Crippen LogP contribution in [0.5, 0.6) is 0 Å². The third-order valence-corrected chi connectivity index (χ3v) is 2.14. The Hall–Kier alpha value is -1.33. The Morgan fingerprint density at radius 2 is 2.33 bits per heavy atom. The monoisotopic (exact) mass is 204 g/mol. The molecular formula is C10H13BN2O2. The highest BCUT2D eigenvalue weighted by Gasteiger charge is 2.07. The van der Waals surface area contributed by atoms with E-state index in [1.807, 2.05) is 25.1 Å². The third-order valence-electron chi connectivity index (χ3n) is 2.14. The standard InChI is InChI=1S/C10H13BN2O2/c1-7-3-4-9-8(5-7)13-10(15-9)6-12-11(2)14/h3-5,12,14H,6H2,1-2H3. The fraction of sp³-hybridized carbons (Fsp3) is 0.300.